The van der Waals surface area contributed by atoms with Crippen LogP contribution in [0.1, 0.15) is 89.8 Å². The van der Waals surface area contributed by atoms with Crippen LogP contribution in [0.15, 0.2) is 17.2 Å². The molecule has 2 heterocycles. The molecule has 2 atom stereocenters. The van der Waals surface area contributed by atoms with Crippen molar-refractivity contribution in [1.29, 1.82) is 0 Å². The minimum Gasteiger partial charge on any atom is -0.481 e. The van der Waals surface area contributed by atoms with E-state index in [0.717, 1.165) is 25.2 Å². The minimum absolute atomic E-state index is 0.298. The van der Waals surface area contributed by atoms with E-state index in [1.807, 2.05) is 20.8 Å². The van der Waals surface area contributed by atoms with Crippen molar-refractivity contribution in [2.24, 2.45) is 17.3 Å². The van der Waals surface area contributed by atoms with E-state index in [1.54, 1.807) is 11.0 Å². The third-order valence-electron chi connectivity index (χ3n) is 6.02. The van der Waals surface area contributed by atoms with Crippen LogP contribution >= 0.6 is 0 Å². The van der Waals surface area contributed by atoms with Crippen LogP contribution in [0.25, 0.3) is 0 Å². The van der Waals surface area contributed by atoms with E-state index in [9.17, 15) is 9.90 Å². The van der Waals surface area contributed by atoms with E-state index in [0.29, 0.717) is 18.3 Å². The highest BCUT2D eigenvalue weighted by molar-refractivity contribution is 5.72. The lowest BCUT2D eigenvalue weighted by Gasteiger charge is -2.32. The van der Waals surface area contributed by atoms with Crippen molar-refractivity contribution in [3.63, 3.8) is 0 Å². The fraction of sp³-hybridized carbons (Fsp3) is 0.762. The van der Waals surface area contributed by atoms with Crippen LogP contribution in [-0.4, -0.2) is 36.0 Å². The van der Waals surface area contributed by atoms with Crippen LogP contribution in [0, 0.1) is 17.3 Å². The van der Waals surface area contributed by atoms with Crippen molar-refractivity contribution in [2.75, 3.05) is 0 Å². The topological polar surface area (TPSA) is 107 Å². The first-order valence-electron chi connectivity index (χ1n) is 10.7. The Hall–Kier alpha value is -2.25. The van der Waals surface area contributed by atoms with Crippen molar-refractivity contribution < 1.29 is 14.4 Å². The third kappa shape index (κ3) is 5.87. The fourth-order valence-electron chi connectivity index (χ4n) is 4.62. The minimum atomic E-state index is -0.809. The SMILES string of the molecule is CC(C)(C)C(C(=O)O)[C@@H](CCCC1CCCCC1)c1nc(Cn2cncn2)no1. The lowest BCUT2D eigenvalue weighted by Crippen LogP contribution is -2.34. The van der Waals surface area contributed by atoms with Gasteiger partial charge in [-0.15, -0.1) is 0 Å². The van der Waals surface area contributed by atoms with Gasteiger partial charge in [-0.3, -0.25) is 4.79 Å². The molecule has 3 rings (SSSR count). The summed E-state index contributed by atoms with van der Waals surface area (Å²) in [5.41, 5.74) is -0.415. The predicted octanol–water partition coefficient (Wildman–Crippen LogP) is 4.29. The fourth-order valence-corrected chi connectivity index (χ4v) is 4.62. The molecule has 0 radical (unpaired) electrons. The second-order valence-corrected chi connectivity index (χ2v) is 9.37. The molecule has 0 aromatic carbocycles. The number of carbonyl (C=O) groups is 1. The number of hydrogen-bond acceptors (Lipinski definition) is 6. The van der Waals surface area contributed by atoms with Crippen LogP contribution in [-0.2, 0) is 11.3 Å². The zero-order chi connectivity index (χ0) is 20.9. The summed E-state index contributed by atoms with van der Waals surface area (Å²) in [6.07, 6.45) is 12.5. The zero-order valence-electron chi connectivity index (χ0n) is 17.8. The Morgan fingerprint density at radius 3 is 2.69 bits per heavy atom. The van der Waals surface area contributed by atoms with E-state index in [-0.39, 0.29) is 5.92 Å². The third-order valence-corrected chi connectivity index (χ3v) is 6.02. The van der Waals surface area contributed by atoms with Gasteiger partial charge in [-0.2, -0.15) is 10.1 Å². The van der Waals surface area contributed by atoms with Crippen molar-refractivity contribution in [3.8, 4) is 0 Å². The average molecular weight is 404 g/mol. The summed E-state index contributed by atoms with van der Waals surface area (Å²) in [5, 5.41) is 18.1. The Balaban J connectivity index is 1.74. The van der Waals surface area contributed by atoms with Gasteiger partial charge in [0.25, 0.3) is 0 Å². The molecule has 0 aliphatic heterocycles. The molecule has 1 unspecified atom stereocenters. The quantitative estimate of drug-likeness (QED) is 0.665. The summed E-state index contributed by atoms with van der Waals surface area (Å²) >= 11 is 0. The van der Waals surface area contributed by atoms with Crippen molar-refractivity contribution in [2.45, 2.75) is 84.6 Å². The number of aromatic nitrogens is 5. The average Bonchev–Trinajstić information content (AvgIpc) is 3.33. The molecule has 0 saturated heterocycles. The molecule has 1 N–H and O–H groups in total. The van der Waals surface area contributed by atoms with Crippen molar-refractivity contribution in [3.05, 3.63) is 24.4 Å². The Labute approximate surface area is 172 Å². The lowest BCUT2D eigenvalue weighted by molar-refractivity contribution is -0.147. The predicted molar refractivity (Wildman–Crippen MR) is 107 cm³/mol. The van der Waals surface area contributed by atoms with Crippen LogP contribution in [0.4, 0.5) is 0 Å². The van der Waals surface area contributed by atoms with E-state index >= 15 is 0 Å². The standard InChI is InChI=1S/C21H33N5O3/c1-21(2,3)18(20(27)28)16(11-7-10-15-8-5-4-6-9-15)19-24-17(25-29-19)12-26-14-22-13-23-26/h13-16,18H,4-12H2,1-3H3,(H,27,28)/t16-,18?/m1/s1. The Morgan fingerprint density at radius 2 is 2.07 bits per heavy atom. The summed E-state index contributed by atoms with van der Waals surface area (Å²) in [7, 11) is 0. The molecule has 1 aliphatic carbocycles. The Bertz CT molecular complexity index is 760. The summed E-state index contributed by atoms with van der Waals surface area (Å²) in [6, 6.07) is 0. The van der Waals surface area contributed by atoms with Gasteiger partial charge in [0.15, 0.2) is 5.82 Å². The molecule has 2 aromatic rings. The zero-order valence-corrected chi connectivity index (χ0v) is 17.8. The van der Waals surface area contributed by atoms with Gasteiger partial charge in [0, 0.05) is 0 Å². The Morgan fingerprint density at radius 1 is 1.31 bits per heavy atom. The molecule has 8 heteroatoms. The molecule has 8 nitrogen and oxygen atoms in total. The first-order valence-corrected chi connectivity index (χ1v) is 10.7. The maximum atomic E-state index is 12.2. The van der Waals surface area contributed by atoms with Gasteiger partial charge >= 0.3 is 5.97 Å². The molecular formula is C21H33N5O3. The second-order valence-electron chi connectivity index (χ2n) is 9.37. The van der Waals surface area contributed by atoms with Crippen LogP contribution in [0.2, 0.25) is 0 Å². The summed E-state index contributed by atoms with van der Waals surface area (Å²) in [6.45, 7) is 6.25. The van der Waals surface area contributed by atoms with E-state index in [2.05, 4.69) is 20.2 Å². The van der Waals surface area contributed by atoms with Gasteiger partial charge in [-0.25, -0.2) is 9.67 Å². The summed E-state index contributed by atoms with van der Waals surface area (Å²) < 4.78 is 7.17. The molecule has 1 aliphatic rings. The van der Waals surface area contributed by atoms with Gasteiger partial charge in [-0.1, -0.05) is 70.9 Å². The maximum absolute atomic E-state index is 12.2. The second kappa shape index (κ2) is 9.50. The molecule has 0 spiro atoms. The molecule has 160 valence electrons. The van der Waals surface area contributed by atoms with Crippen LogP contribution in [0.3, 0.4) is 0 Å². The van der Waals surface area contributed by atoms with Gasteiger partial charge in [0.1, 0.15) is 19.2 Å². The highest BCUT2D eigenvalue weighted by atomic mass is 16.5. The van der Waals surface area contributed by atoms with Crippen LogP contribution in [0.5, 0.6) is 0 Å². The number of aliphatic carboxylic acids is 1. The van der Waals surface area contributed by atoms with Crippen molar-refractivity contribution in [1.82, 2.24) is 24.9 Å². The molecule has 0 bridgehead atoms. The monoisotopic (exact) mass is 403 g/mol. The number of nitrogens with zero attached hydrogens (tertiary/aromatic N) is 5. The molecular weight excluding hydrogens is 370 g/mol. The number of rotatable bonds is 9. The van der Waals surface area contributed by atoms with E-state index in [1.165, 1.54) is 38.4 Å². The normalized spacial score (nSPS) is 17.9. The highest BCUT2D eigenvalue weighted by Gasteiger charge is 2.41. The van der Waals surface area contributed by atoms with Crippen LogP contribution < -0.4 is 0 Å². The van der Waals surface area contributed by atoms with Gasteiger partial charge < -0.3 is 9.63 Å². The van der Waals surface area contributed by atoms with Gasteiger partial charge in [0.05, 0.1) is 11.8 Å². The largest absolute Gasteiger partial charge is 0.481 e. The first-order chi connectivity index (χ1) is 13.8. The van der Waals surface area contributed by atoms with E-state index in [4.69, 9.17) is 4.52 Å². The summed E-state index contributed by atoms with van der Waals surface area (Å²) in [5.74, 6) is -0.0161. The molecule has 0 amide bonds. The first kappa shape index (κ1) is 21.5. The number of carboxylic acids is 1. The molecule has 1 saturated carbocycles. The summed E-state index contributed by atoms with van der Waals surface area (Å²) in [4.78, 5) is 20.6. The maximum Gasteiger partial charge on any atom is 0.307 e. The molecule has 29 heavy (non-hydrogen) atoms. The van der Waals surface area contributed by atoms with Gasteiger partial charge in [-0.05, 0) is 17.8 Å². The number of carboxylic acid groups (broad SMARTS) is 1. The highest BCUT2D eigenvalue weighted by Crippen LogP contribution is 2.41. The number of hydrogen-bond donors (Lipinski definition) is 1. The smallest absolute Gasteiger partial charge is 0.307 e. The molecule has 1 fully saturated rings. The van der Waals surface area contributed by atoms with E-state index < -0.39 is 17.3 Å². The Kier molecular flexibility index (Phi) is 7.03. The lowest BCUT2D eigenvalue weighted by atomic mass is 9.71. The molecule has 2 aromatic heterocycles. The van der Waals surface area contributed by atoms with Crippen molar-refractivity contribution >= 4 is 5.97 Å². The van der Waals surface area contributed by atoms with Gasteiger partial charge in [0.2, 0.25) is 5.89 Å².